The van der Waals surface area contributed by atoms with Gasteiger partial charge in [0.05, 0.1) is 12.1 Å². The number of ether oxygens (including phenoxy) is 1. The summed E-state index contributed by atoms with van der Waals surface area (Å²) in [5.41, 5.74) is 6.65. The van der Waals surface area contributed by atoms with Crippen LogP contribution in [0.25, 0.3) is 0 Å². The molecule has 2 atom stereocenters. The maximum atomic E-state index is 12.2. The summed E-state index contributed by atoms with van der Waals surface area (Å²) in [6, 6.07) is 5.68. The Balaban J connectivity index is 0.00000200. The molecule has 0 spiro atoms. The first-order valence-electron chi connectivity index (χ1n) is 6.56. The summed E-state index contributed by atoms with van der Waals surface area (Å²) in [6.45, 7) is -2.86. The van der Waals surface area contributed by atoms with E-state index in [0.717, 1.165) is 25.7 Å². The Labute approximate surface area is 123 Å². The lowest BCUT2D eigenvalue weighted by atomic mass is 9.91. The van der Waals surface area contributed by atoms with Gasteiger partial charge in [-0.2, -0.15) is 8.78 Å². The van der Waals surface area contributed by atoms with Gasteiger partial charge in [0, 0.05) is 0 Å². The van der Waals surface area contributed by atoms with Crippen molar-refractivity contribution < 1.29 is 18.6 Å². The SMILES string of the molecule is Cl.N[C@H](c1cccc(OC(F)F)c1)[C@@H](O)C1CCCC1. The smallest absolute Gasteiger partial charge is 0.387 e. The maximum Gasteiger partial charge on any atom is 0.387 e. The molecule has 3 N–H and O–H groups in total. The predicted octanol–water partition coefficient (Wildman–Crippen LogP) is 3.26. The van der Waals surface area contributed by atoms with E-state index in [1.165, 1.54) is 12.1 Å². The lowest BCUT2D eigenvalue weighted by Crippen LogP contribution is -2.31. The molecule has 2 rings (SSSR count). The van der Waals surface area contributed by atoms with E-state index >= 15 is 0 Å². The molecule has 0 bridgehead atoms. The molecule has 0 unspecified atom stereocenters. The van der Waals surface area contributed by atoms with Crippen molar-refractivity contribution in [3.8, 4) is 5.75 Å². The largest absolute Gasteiger partial charge is 0.435 e. The number of nitrogens with two attached hydrogens (primary N) is 1. The van der Waals surface area contributed by atoms with Crippen LogP contribution in [0, 0.1) is 5.92 Å². The van der Waals surface area contributed by atoms with Gasteiger partial charge in [0.2, 0.25) is 0 Å². The van der Waals surface area contributed by atoms with E-state index in [1.54, 1.807) is 12.1 Å². The summed E-state index contributed by atoms with van der Waals surface area (Å²) < 4.78 is 28.6. The van der Waals surface area contributed by atoms with Crippen molar-refractivity contribution in [1.82, 2.24) is 0 Å². The highest BCUT2D eigenvalue weighted by Crippen LogP contribution is 2.33. The van der Waals surface area contributed by atoms with E-state index in [9.17, 15) is 13.9 Å². The average molecular weight is 308 g/mol. The second-order valence-corrected chi connectivity index (χ2v) is 5.01. The van der Waals surface area contributed by atoms with Gasteiger partial charge in [0.25, 0.3) is 0 Å². The number of aliphatic hydroxyl groups is 1. The summed E-state index contributed by atoms with van der Waals surface area (Å²) in [4.78, 5) is 0. The van der Waals surface area contributed by atoms with E-state index in [2.05, 4.69) is 4.74 Å². The summed E-state index contributed by atoms with van der Waals surface area (Å²) in [5, 5.41) is 10.2. The van der Waals surface area contributed by atoms with Crippen molar-refractivity contribution in [2.45, 2.75) is 44.4 Å². The lowest BCUT2D eigenvalue weighted by molar-refractivity contribution is -0.0499. The minimum absolute atomic E-state index is 0. The normalized spacial score (nSPS) is 18.6. The molecule has 1 aromatic rings. The topological polar surface area (TPSA) is 55.5 Å². The first-order chi connectivity index (χ1) is 9.08. The van der Waals surface area contributed by atoms with Crippen molar-refractivity contribution in [2.75, 3.05) is 0 Å². The van der Waals surface area contributed by atoms with Gasteiger partial charge in [-0.15, -0.1) is 12.4 Å². The monoisotopic (exact) mass is 307 g/mol. The zero-order valence-corrected chi connectivity index (χ0v) is 11.9. The molecule has 0 saturated heterocycles. The van der Waals surface area contributed by atoms with Crippen LogP contribution in [0.3, 0.4) is 0 Å². The number of halogens is 3. The first-order valence-corrected chi connectivity index (χ1v) is 6.56. The van der Waals surface area contributed by atoms with Crippen LogP contribution in [0.2, 0.25) is 0 Å². The standard InChI is InChI=1S/C14H19F2NO2.ClH/c15-14(16)19-11-7-3-6-10(8-11)12(17)13(18)9-4-1-2-5-9;/h3,6-9,12-14,18H,1-2,4-5,17H2;1H/t12-,13+;/m1./s1. The van der Waals surface area contributed by atoms with Crippen molar-refractivity contribution in [3.05, 3.63) is 29.8 Å². The number of hydrogen-bond acceptors (Lipinski definition) is 3. The summed E-state index contributed by atoms with van der Waals surface area (Å²) in [5.74, 6) is 0.274. The highest BCUT2D eigenvalue weighted by molar-refractivity contribution is 5.85. The molecule has 3 nitrogen and oxygen atoms in total. The Bertz CT molecular complexity index is 414. The minimum Gasteiger partial charge on any atom is -0.435 e. The Morgan fingerprint density at radius 1 is 1.25 bits per heavy atom. The molecule has 0 heterocycles. The Morgan fingerprint density at radius 2 is 1.90 bits per heavy atom. The van der Waals surface area contributed by atoms with Crippen LogP contribution >= 0.6 is 12.4 Å². The van der Waals surface area contributed by atoms with E-state index in [1.807, 2.05) is 0 Å². The fourth-order valence-corrected chi connectivity index (χ4v) is 2.69. The van der Waals surface area contributed by atoms with Crippen molar-refractivity contribution in [3.63, 3.8) is 0 Å². The number of rotatable bonds is 5. The molecule has 114 valence electrons. The van der Waals surface area contributed by atoms with Gasteiger partial charge in [-0.25, -0.2) is 0 Å². The fraction of sp³-hybridized carbons (Fsp3) is 0.571. The zero-order chi connectivity index (χ0) is 13.8. The van der Waals surface area contributed by atoms with E-state index in [-0.39, 0.29) is 24.1 Å². The van der Waals surface area contributed by atoms with Gasteiger partial charge < -0.3 is 15.6 Å². The van der Waals surface area contributed by atoms with Crippen LogP contribution in [0.1, 0.15) is 37.3 Å². The van der Waals surface area contributed by atoms with Crippen LogP contribution in [-0.2, 0) is 0 Å². The number of hydrogen-bond donors (Lipinski definition) is 2. The molecule has 1 saturated carbocycles. The summed E-state index contributed by atoms with van der Waals surface area (Å²) in [6.07, 6.45) is 3.54. The Hall–Kier alpha value is -0.910. The molecule has 0 radical (unpaired) electrons. The maximum absolute atomic E-state index is 12.2. The zero-order valence-electron chi connectivity index (χ0n) is 11.0. The Kier molecular flexibility index (Phi) is 6.65. The highest BCUT2D eigenvalue weighted by Gasteiger charge is 2.28. The third-order valence-corrected chi connectivity index (χ3v) is 3.72. The van der Waals surface area contributed by atoms with Crippen LogP contribution in [0.15, 0.2) is 24.3 Å². The molecular formula is C14H20ClF2NO2. The molecule has 6 heteroatoms. The van der Waals surface area contributed by atoms with Crippen LogP contribution in [0.5, 0.6) is 5.75 Å². The predicted molar refractivity (Wildman–Crippen MR) is 75.2 cm³/mol. The number of benzene rings is 1. The molecule has 0 aliphatic heterocycles. The number of aliphatic hydroxyl groups excluding tert-OH is 1. The van der Waals surface area contributed by atoms with Gasteiger partial charge in [0.1, 0.15) is 5.75 Å². The molecule has 1 fully saturated rings. The molecular weight excluding hydrogens is 288 g/mol. The van der Waals surface area contributed by atoms with Gasteiger partial charge >= 0.3 is 6.61 Å². The average Bonchev–Trinajstić information content (AvgIpc) is 2.90. The highest BCUT2D eigenvalue weighted by atomic mass is 35.5. The lowest BCUT2D eigenvalue weighted by Gasteiger charge is -2.24. The van der Waals surface area contributed by atoms with Crippen molar-refractivity contribution in [2.24, 2.45) is 11.7 Å². The van der Waals surface area contributed by atoms with Crippen LogP contribution in [-0.4, -0.2) is 17.8 Å². The summed E-state index contributed by atoms with van der Waals surface area (Å²) >= 11 is 0. The summed E-state index contributed by atoms with van der Waals surface area (Å²) in [7, 11) is 0. The second-order valence-electron chi connectivity index (χ2n) is 5.01. The second kappa shape index (κ2) is 7.76. The van der Waals surface area contributed by atoms with Gasteiger partial charge in [0.15, 0.2) is 0 Å². The van der Waals surface area contributed by atoms with Gasteiger partial charge in [-0.05, 0) is 36.5 Å². The molecule has 20 heavy (non-hydrogen) atoms. The third kappa shape index (κ3) is 4.30. The molecule has 1 aliphatic rings. The van der Waals surface area contributed by atoms with Gasteiger partial charge in [-0.3, -0.25) is 0 Å². The third-order valence-electron chi connectivity index (χ3n) is 3.72. The molecule has 0 amide bonds. The Morgan fingerprint density at radius 3 is 2.50 bits per heavy atom. The fourth-order valence-electron chi connectivity index (χ4n) is 2.69. The first kappa shape index (κ1) is 17.1. The quantitative estimate of drug-likeness (QED) is 0.878. The van der Waals surface area contributed by atoms with Crippen molar-refractivity contribution >= 4 is 12.4 Å². The number of alkyl halides is 2. The van der Waals surface area contributed by atoms with Crippen LogP contribution < -0.4 is 10.5 Å². The molecule has 1 aliphatic carbocycles. The van der Waals surface area contributed by atoms with Gasteiger partial charge in [-0.1, -0.05) is 25.0 Å². The van der Waals surface area contributed by atoms with E-state index in [4.69, 9.17) is 5.73 Å². The van der Waals surface area contributed by atoms with Crippen molar-refractivity contribution in [1.29, 1.82) is 0 Å². The molecule has 0 aromatic heterocycles. The van der Waals surface area contributed by atoms with E-state index in [0.29, 0.717) is 5.56 Å². The minimum atomic E-state index is -2.86. The van der Waals surface area contributed by atoms with E-state index < -0.39 is 18.8 Å². The molecule has 1 aromatic carbocycles. The van der Waals surface area contributed by atoms with Crippen LogP contribution in [0.4, 0.5) is 8.78 Å².